The maximum atomic E-state index is 10.8. The Balaban J connectivity index is 2.26. The third-order valence-electron chi connectivity index (χ3n) is 2.92. The molecule has 0 fully saturated rings. The summed E-state index contributed by atoms with van der Waals surface area (Å²) in [4.78, 5) is 14.7. The maximum absolute atomic E-state index is 10.8. The number of nitro groups is 1. The van der Waals surface area contributed by atoms with Gasteiger partial charge in [-0.3, -0.25) is 10.1 Å². The average molecular weight is 277 g/mol. The molecule has 0 aliphatic rings. The Morgan fingerprint density at radius 3 is 2.89 bits per heavy atom. The van der Waals surface area contributed by atoms with Gasteiger partial charge in [-0.15, -0.1) is 11.3 Å². The number of nitro benzene ring substituents is 1. The number of aryl methyl sites for hydroxylation is 1. The zero-order valence-corrected chi connectivity index (χ0v) is 11.6. The van der Waals surface area contributed by atoms with Crippen LogP contribution in [0.4, 0.5) is 11.4 Å². The van der Waals surface area contributed by atoms with E-state index in [9.17, 15) is 10.1 Å². The van der Waals surface area contributed by atoms with Crippen molar-refractivity contribution in [1.29, 1.82) is 0 Å². The molecule has 0 aliphatic heterocycles. The van der Waals surface area contributed by atoms with Crippen molar-refractivity contribution in [3.8, 4) is 0 Å². The Labute approximate surface area is 115 Å². The first-order valence-electron chi connectivity index (χ1n) is 6.02. The van der Waals surface area contributed by atoms with Crippen LogP contribution in [0.15, 0.2) is 29.8 Å². The first-order chi connectivity index (χ1) is 9.11. The van der Waals surface area contributed by atoms with E-state index in [-0.39, 0.29) is 16.7 Å². The van der Waals surface area contributed by atoms with E-state index in [0.29, 0.717) is 0 Å². The fourth-order valence-corrected chi connectivity index (χ4v) is 2.58. The van der Waals surface area contributed by atoms with Crippen molar-refractivity contribution in [2.24, 2.45) is 0 Å². The molecular weight excluding hydrogens is 262 g/mol. The van der Waals surface area contributed by atoms with Crippen LogP contribution in [0.3, 0.4) is 0 Å². The molecule has 0 aliphatic carbocycles. The van der Waals surface area contributed by atoms with Gasteiger partial charge >= 0.3 is 0 Å². The Kier molecular flexibility index (Phi) is 4.11. The predicted octanol–water partition coefficient (Wildman–Crippen LogP) is 3.92. The van der Waals surface area contributed by atoms with Gasteiger partial charge in [0.15, 0.2) is 0 Å². The molecule has 1 unspecified atom stereocenters. The van der Waals surface area contributed by atoms with Crippen LogP contribution in [0.25, 0.3) is 0 Å². The van der Waals surface area contributed by atoms with E-state index in [2.05, 4.69) is 17.2 Å². The Morgan fingerprint density at radius 2 is 2.32 bits per heavy atom. The molecule has 1 N–H and O–H groups in total. The number of non-ortho nitro benzene ring substituents is 1. The number of nitrogens with zero attached hydrogens (tertiary/aromatic N) is 2. The van der Waals surface area contributed by atoms with Crippen LogP contribution in [0.5, 0.6) is 0 Å². The van der Waals surface area contributed by atoms with Crippen molar-refractivity contribution in [3.05, 3.63) is 50.5 Å². The van der Waals surface area contributed by atoms with E-state index in [0.717, 1.165) is 22.7 Å². The molecule has 1 heterocycles. The van der Waals surface area contributed by atoms with Gasteiger partial charge in [-0.2, -0.15) is 0 Å². The van der Waals surface area contributed by atoms with Crippen LogP contribution in [-0.2, 0) is 0 Å². The van der Waals surface area contributed by atoms with Crippen molar-refractivity contribution >= 4 is 22.7 Å². The standard InChI is InChI=1S/C13H15N3O2S/c1-3-11(13-14-6-7-19-13)15-12-8-10(16(17)18)5-4-9(12)2/h4-8,11,15H,3H2,1-2H3. The molecule has 0 saturated carbocycles. The average Bonchev–Trinajstić information content (AvgIpc) is 2.91. The number of hydrogen-bond donors (Lipinski definition) is 1. The quantitative estimate of drug-likeness (QED) is 0.664. The van der Waals surface area contributed by atoms with Crippen LogP contribution < -0.4 is 5.32 Å². The number of rotatable bonds is 5. The van der Waals surface area contributed by atoms with Crippen molar-refractivity contribution in [1.82, 2.24) is 4.98 Å². The monoisotopic (exact) mass is 277 g/mol. The van der Waals surface area contributed by atoms with Crippen LogP contribution in [-0.4, -0.2) is 9.91 Å². The summed E-state index contributed by atoms with van der Waals surface area (Å²) in [5.74, 6) is 0. The number of hydrogen-bond acceptors (Lipinski definition) is 5. The molecule has 1 aromatic heterocycles. The highest BCUT2D eigenvalue weighted by atomic mass is 32.1. The van der Waals surface area contributed by atoms with Crippen LogP contribution in [0.2, 0.25) is 0 Å². The lowest BCUT2D eigenvalue weighted by Crippen LogP contribution is -2.10. The van der Waals surface area contributed by atoms with Crippen LogP contribution >= 0.6 is 11.3 Å². The van der Waals surface area contributed by atoms with Gasteiger partial charge in [0.2, 0.25) is 0 Å². The molecule has 0 spiro atoms. The molecule has 2 rings (SSSR count). The molecule has 0 radical (unpaired) electrons. The molecule has 1 aromatic carbocycles. The van der Waals surface area contributed by atoms with Crippen molar-refractivity contribution in [3.63, 3.8) is 0 Å². The van der Waals surface area contributed by atoms with Crippen LogP contribution in [0.1, 0.15) is 30.0 Å². The zero-order chi connectivity index (χ0) is 13.8. The number of anilines is 1. The smallest absolute Gasteiger partial charge is 0.271 e. The minimum atomic E-state index is -0.380. The summed E-state index contributed by atoms with van der Waals surface area (Å²) in [5.41, 5.74) is 1.87. The fourth-order valence-electron chi connectivity index (χ4n) is 1.81. The highest BCUT2D eigenvalue weighted by molar-refractivity contribution is 7.09. The largest absolute Gasteiger partial charge is 0.375 e. The summed E-state index contributed by atoms with van der Waals surface area (Å²) in [7, 11) is 0. The third-order valence-corrected chi connectivity index (χ3v) is 3.81. The van der Waals surface area contributed by atoms with Gasteiger partial charge in [0.05, 0.1) is 11.0 Å². The Hall–Kier alpha value is -1.95. The SMILES string of the molecule is CCC(Nc1cc([N+](=O)[O-])ccc1C)c1nccs1. The van der Waals surface area contributed by atoms with Gasteiger partial charge in [0, 0.05) is 29.4 Å². The molecule has 19 heavy (non-hydrogen) atoms. The number of thiazole rings is 1. The fraction of sp³-hybridized carbons (Fsp3) is 0.308. The summed E-state index contributed by atoms with van der Waals surface area (Å²) in [6.45, 7) is 3.99. The third kappa shape index (κ3) is 3.08. The minimum Gasteiger partial charge on any atom is -0.375 e. The lowest BCUT2D eigenvalue weighted by atomic mass is 10.1. The van der Waals surface area contributed by atoms with Crippen molar-refractivity contribution in [2.45, 2.75) is 26.3 Å². The lowest BCUT2D eigenvalue weighted by molar-refractivity contribution is -0.384. The van der Waals surface area contributed by atoms with Crippen molar-refractivity contribution in [2.75, 3.05) is 5.32 Å². The minimum absolute atomic E-state index is 0.0840. The van der Waals surface area contributed by atoms with Gasteiger partial charge in [-0.1, -0.05) is 13.0 Å². The molecule has 1 atom stereocenters. The van der Waals surface area contributed by atoms with E-state index >= 15 is 0 Å². The zero-order valence-electron chi connectivity index (χ0n) is 10.8. The summed E-state index contributed by atoms with van der Waals surface area (Å²) in [6.07, 6.45) is 2.64. The predicted molar refractivity (Wildman–Crippen MR) is 76.6 cm³/mol. The molecule has 0 amide bonds. The highest BCUT2D eigenvalue weighted by Crippen LogP contribution is 2.28. The first kappa shape index (κ1) is 13.5. The molecular formula is C13H15N3O2S. The number of benzene rings is 1. The van der Waals surface area contributed by atoms with Gasteiger partial charge in [-0.05, 0) is 18.9 Å². The summed E-state index contributed by atoms with van der Waals surface area (Å²) >= 11 is 1.58. The Bertz CT molecular complexity index is 569. The van der Waals surface area contributed by atoms with E-state index in [4.69, 9.17) is 0 Å². The molecule has 6 heteroatoms. The molecule has 2 aromatic rings. The molecule has 0 bridgehead atoms. The topological polar surface area (TPSA) is 68.1 Å². The van der Waals surface area contributed by atoms with Gasteiger partial charge in [-0.25, -0.2) is 4.98 Å². The highest BCUT2D eigenvalue weighted by Gasteiger charge is 2.15. The normalized spacial score (nSPS) is 12.1. The van der Waals surface area contributed by atoms with E-state index in [1.165, 1.54) is 6.07 Å². The summed E-state index contributed by atoms with van der Waals surface area (Å²) in [5, 5.41) is 17.1. The molecule has 0 saturated heterocycles. The van der Waals surface area contributed by atoms with Crippen LogP contribution in [0, 0.1) is 17.0 Å². The summed E-state index contributed by atoms with van der Waals surface area (Å²) < 4.78 is 0. The molecule has 5 nitrogen and oxygen atoms in total. The maximum Gasteiger partial charge on any atom is 0.271 e. The lowest BCUT2D eigenvalue weighted by Gasteiger charge is -2.17. The number of nitrogens with one attached hydrogen (secondary N) is 1. The Morgan fingerprint density at radius 1 is 1.53 bits per heavy atom. The first-order valence-corrected chi connectivity index (χ1v) is 6.90. The van der Waals surface area contributed by atoms with E-state index in [1.807, 2.05) is 12.3 Å². The van der Waals surface area contributed by atoms with Gasteiger partial charge in [0.25, 0.3) is 5.69 Å². The van der Waals surface area contributed by atoms with Gasteiger partial charge < -0.3 is 5.32 Å². The molecule has 100 valence electrons. The van der Waals surface area contributed by atoms with Gasteiger partial charge in [0.1, 0.15) is 5.01 Å². The van der Waals surface area contributed by atoms with E-state index in [1.54, 1.807) is 29.7 Å². The second-order valence-corrected chi connectivity index (χ2v) is 5.16. The van der Waals surface area contributed by atoms with Crippen molar-refractivity contribution < 1.29 is 4.92 Å². The second kappa shape index (κ2) is 5.79. The second-order valence-electron chi connectivity index (χ2n) is 4.23. The number of aromatic nitrogens is 1. The van der Waals surface area contributed by atoms with E-state index < -0.39 is 0 Å². The summed E-state index contributed by atoms with van der Waals surface area (Å²) in [6, 6.07) is 4.94.